The molecule has 0 atom stereocenters. The monoisotopic (exact) mass is 250 g/mol. The summed E-state index contributed by atoms with van der Waals surface area (Å²) in [5.41, 5.74) is 7.09. The van der Waals surface area contributed by atoms with Crippen molar-refractivity contribution in [2.24, 2.45) is 0 Å². The van der Waals surface area contributed by atoms with Crippen molar-refractivity contribution in [3.63, 3.8) is 0 Å². The Kier molecular flexibility index (Phi) is 2.22. The fourth-order valence-corrected chi connectivity index (χ4v) is 2.95. The summed E-state index contributed by atoms with van der Waals surface area (Å²) in [7, 11) is 0. The number of hydrogen-bond acceptors (Lipinski definition) is 7. The summed E-state index contributed by atoms with van der Waals surface area (Å²) in [6, 6.07) is 0. The minimum absolute atomic E-state index is 0.655. The Bertz CT molecular complexity index is 630. The minimum atomic E-state index is 0.655. The first-order chi connectivity index (χ1) is 7.83. The Labute approximate surface area is 98.4 Å². The lowest BCUT2D eigenvalue weighted by Crippen LogP contribution is -1.85. The maximum atomic E-state index is 5.61. The number of aromatic nitrogens is 5. The van der Waals surface area contributed by atoms with Crippen LogP contribution < -0.4 is 5.73 Å². The molecule has 3 N–H and O–H groups in total. The third kappa shape index (κ3) is 1.61. The van der Waals surface area contributed by atoms with Gasteiger partial charge in [-0.2, -0.15) is 0 Å². The van der Waals surface area contributed by atoms with E-state index < -0.39 is 0 Å². The van der Waals surface area contributed by atoms with Crippen LogP contribution in [0.5, 0.6) is 0 Å². The summed E-state index contributed by atoms with van der Waals surface area (Å²) in [4.78, 5) is 19.5. The lowest BCUT2D eigenvalue weighted by molar-refractivity contribution is 1.08. The fourth-order valence-electron chi connectivity index (χ4n) is 1.22. The average Bonchev–Trinajstić information content (AvgIpc) is 2.87. The number of H-pyrrole nitrogens is 1. The lowest BCUT2D eigenvalue weighted by atomic mass is 10.6. The Morgan fingerprint density at radius 2 is 2.19 bits per heavy atom. The molecule has 3 aromatic rings. The van der Waals surface area contributed by atoms with Gasteiger partial charge in [0.05, 0.1) is 12.5 Å². The number of nitrogens with one attached hydrogen (secondary N) is 1. The molecule has 0 aliphatic carbocycles. The second-order valence-electron chi connectivity index (χ2n) is 2.91. The molecule has 16 heavy (non-hydrogen) atoms. The Morgan fingerprint density at radius 1 is 1.25 bits per heavy atom. The summed E-state index contributed by atoms with van der Waals surface area (Å²) < 4.78 is 0.854. The number of nitrogens with zero attached hydrogens (tertiary/aromatic N) is 4. The van der Waals surface area contributed by atoms with Crippen LogP contribution in [-0.4, -0.2) is 24.9 Å². The van der Waals surface area contributed by atoms with E-state index in [9.17, 15) is 0 Å². The number of aromatic amines is 1. The molecule has 0 radical (unpaired) electrons. The number of rotatable bonds is 2. The third-order valence-corrected chi connectivity index (χ3v) is 3.78. The number of anilines is 1. The normalized spacial score (nSPS) is 11.0. The summed E-state index contributed by atoms with van der Waals surface area (Å²) in [5, 5.41) is 1.49. The molecule has 0 aromatic carbocycles. The molecule has 0 amide bonds. The molecular formula is C8H6N6S2. The van der Waals surface area contributed by atoms with Crippen molar-refractivity contribution in [3.05, 3.63) is 18.9 Å². The lowest BCUT2D eigenvalue weighted by Gasteiger charge is -1.96. The minimum Gasteiger partial charge on any atom is -0.389 e. The van der Waals surface area contributed by atoms with Crippen LogP contribution in [0.1, 0.15) is 0 Å². The molecule has 6 nitrogen and oxygen atoms in total. The largest absolute Gasteiger partial charge is 0.389 e. The molecule has 3 aromatic heterocycles. The molecule has 0 saturated carbocycles. The summed E-state index contributed by atoms with van der Waals surface area (Å²) in [5.74, 6) is 0. The van der Waals surface area contributed by atoms with Gasteiger partial charge in [-0.1, -0.05) is 11.3 Å². The van der Waals surface area contributed by atoms with E-state index in [-0.39, 0.29) is 0 Å². The van der Waals surface area contributed by atoms with Crippen molar-refractivity contribution in [1.29, 1.82) is 0 Å². The SMILES string of the molecule is Nc1cnc(Sc2ncnc3nc[nH]c23)s1. The Hall–Kier alpha value is -1.67. The summed E-state index contributed by atoms with van der Waals surface area (Å²) in [6.45, 7) is 0. The molecule has 0 aliphatic rings. The Balaban J connectivity index is 2.03. The highest BCUT2D eigenvalue weighted by Gasteiger charge is 2.09. The zero-order valence-electron chi connectivity index (χ0n) is 7.91. The molecule has 3 rings (SSSR count). The standard InChI is InChI=1S/C8H6N6S2/c9-4-1-10-8(15-4)16-7-5-6(12-2-11-5)13-3-14-7/h1-3H,9H2,(H,11,12,13,14). The zero-order chi connectivity index (χ0) is 11.0. The zero-order valence-corrected chi connectivity index (χ0v) is 9.55. The summed E-state index contributed by atoms with van der Waals surface area (Å²) >= 11 is 2.88. The van der Waals surface area contributed by atoms with Gasteiger partial charge in [-0.3, -0.25) is 0 Å². The van der Waals surface area contributed by atoms with Crippen LogP contribution in [0.4, 0.5) is 5.00 Å². The van der Waals surface area contributed by atoms with Crippen LogP contribution in [0.3, 0.4) is 0 Å². The first-order valence-electron chi connectivity index (χ1n) is 4.36. The molecule has 0 saturated heterocycles. The molecule has 80 valence electrons. The van der Waals surface area contributed by atoms with E-state index in [2.05, 4.69) is 24.9 Å². The van der Waals surface area contributed by atoms with Gasteiger partial charge in [-0.15, -0.1) is 0 Å². The Morgan fingerprint density at radius 3 is 3.00 bits per heavy atom. The predicted octanol–water partition coefficient (Wildman–Crippen LogP) is 1.54. The van der Waals surface area contributed by atoms with E-state index in [1.807, 2.05) is 0 Å². The number of hydrogen-bond donors (Lipinski definition) is 2. The van der Waals surface area contributed by atoms with E-state index in [0.29, 0.717) is 10.6 Å². The second kappa shape index (κ2) is 3.72. The first-order valence-corrected chi connectivity index (χ1v) is 5.99. The smallest absolute Gasteiger partial charge is 0.181 e. The highest BCUT2D eigenvalue weighted by Crippen LogP contribution is 2.33. The highest BCUT2D eigenvalue weighted by molar-refractivity contribution is 8.01. The second-order valence-corrected chi connectivity index (χ2v) is 5.21. The van der Waals surface area contributed by atoms with Crippen LogP contribution >= 0.6 is 23.1 Å². The van der Waals surface area contributed by atoms with E-state index in [1.165, 1.54) is 29.4 Å². The molecule has 0 spiro atoms. The van der Waals surface area contributed by atoms with Gasteiger partial charge in [0.15, 0.2) is 9.99 Å². The summed E-state index contributed by atoms with van der Waals surface area (Å²) in [6.07, 6.45) is 4.72. The topological polar surface area (TPSA) is 93.4 Å². The van der Waals surface area contributed by atoms with Gasteiger partial charge in [-0.05, 0) is 11.8 Å². The van der Waals surface area contributed by atoms with Crippen LogP contribution in [-0.2, 0) is 0 Å². The van der Waals surface area contributed by atoms with Crippen LogP contribution in [0.2, 0.25) is 0 Å². The molecule has 3 heterocycles. The van der Waals surface area contributed by atoms with E-state index in [4.69, 9.17) is 5.73 Å². The van der Waals surface area contributed by atoms with Gasteiger partial charge in [0, 0.05) is 0 Å². The van der Waals surface area contributed by atoms with E-state index in [1.54, 1.807) is 12.5 Å². The number of thiazole rings is 1. The quantitative estimate of drug-likeness (QED) is 0.670. The van der Waals surface area contributed by atoms with Gasteiger partial charge in [0.2, 0.25) is 0 Å². The molecule has 0 aliphatic heterocycles. The van der Waals surface area contributed by atoms with Gasteiger partial charge < -0.3 is 10.7 Å². The van der Waals surface area contributed by atoms with Crippen LogP contribution in [0.25, 0.3) is 11.2 Å². The van der Waals surface area contributed by atoms with Gasteiger partial charge >= 0.3 is 0 Å². The number of nitrogens with two attached hydrogens (primary N) is 1. The number of imidazole rings is 1. The predicted molar refractivity (Wildman–Crippen MR) is 62.3 cm³/mol. The van der Waals surface area contributed by atoms with Crippen molar-refractivity contribution >= 4 is 39.3 Å². The highest BCUT2D eigenvalue weighted by atomic mass is 32.2. The van der Waals surface area contributed by atoms with Crippen molar-refractivity contribution < 1.29 is 0 Å². The fraction of sp³-hybridized carbons (Fsp3) is 0. The van der Waals surface area contributed by atoms with Crippen molar-refractivity contribution in [3.8, 4) is 0 Å². The van der Waals surface area contributed by atoms with Gasteiger partial charge in [0.1, 0.15) is 21.9 Å². The van der Waals surface area contributed by atoms with E-state index in [0.717, 1.165) is 14.9 Å². The molecule has 8 heteroatoms. The maximum absolute atomic E-state index is 5.61. The van der Waals surface area contributed by atoms with Crippen molar-refractivity contribution in [2.75, 3.05) is 5.73 Å². The maximum Gasteiger partial charge on any atom is 0.181 e. The number of fused-ring (bicyclic) bond motifs is 1. The molecular weight excluding hydrogens is 244 g/mol. The van der Waals surface area contributed by atoms with Gasteiger partial charge in [-0.25, -0.2) is 19.9 Å². The first kappa shape index (κ1) is 9.55. The molecule has 0 fully saturated rings. The number of nitrogen functional groups attached to an aromatic ring is 1. The van der Waals surface area contributed by atoms with Crippen LogP contribution in [0.15, 0.2) is 28.2 Å². The van der Waals surface area contributed by atoms with E-state index >= 15 is 0 Å². The third-order valence-electron chi connectivity index (χ3n) is 1.87. The van der Waals surface area contributed by atoms with Crippen LogP contribution in [0, 0.1) is 0 Å². The molecule has 0 bridgehead atoms. The van der Waals surface area contributed by atoms with Crippen molar-refractivity contribution in [2.45, 2.75) is 9.37 Å². The molecule has 0 unspecified atom stereocenters. The average molecular weight is 250 g/mol. The van der Waals surface area contributed by atoms with Gasteiger partial charge in [0.25, 0.3) is 0 Å². The van der Waals surface area contributed by atoms with Crippen molar-refractivity contribution in [1.82, 2.24) is 24.9 Å².